The molecule has 1 unspecified atom stereocenters. The van der Waals surface area contributed by atoms with Crippen LogP contribution in [0.5, 0.6) is 0 Å². The van der Waals surface area contributed by atoms with Crippen LogP contribution in [0.15, 0.2) is 48.5 Å². The highest BCUT2D eigenvalue weighted by Gasteiger charge is 2.31. The topological polar surface area (TPSA) is 70.5 Å². The number of nitrogens with zero attached hydrogens (tertiary/aromatic N) is 4. The lowest BCUT2D eigenvalue weighted by molar-refractivity contribution is -0.126. The monoisotopic (exact) mass is 431 g/mol. The average molecular weight is 432 g/mol. The van der Waals surface area contributed by atoms with Crippen LogP contribution in [-0.4, -0.2) is 69.4 Å². The van der Waals surface area contributed by atoms with Gasteiger partial charge < -0.3 is 10.2 Å². The second-order valence-electron chi connectivity index (χ2n) is 8.82. The third-order valence-electron chi connectivity index (χ3n) is 6.54. The third kappa shape index (κ3) is 4.00. The molecule has 7 heteroatoms. The Morgan fingerprint density at radius 2 is 1.75 bits per heavy atom. The van der Waals surface area contributed by atoms with E-state index in [1.165, 1.54) is 0 Å². The van der Waals surface area contributed by atoms with Crippen molar-refractivity contribution in [3.8, 4) is 5.69 Å². The minimum Gasteiger partial charge on any atom is -0.352 e. The van der Waals surface area contributed by atoms with E-state index >= 15 is 0 Å². The number of carbonyl (C=O) groups excluding carboxylic acids is 2. The fraction of sp³-hybridized carbons (Fsp3) is 0.400. The Kier molecular flexibility index (Phi) is 5.43. The van der Waals surface area contributed by atoms with Crippen molar-refractivity contribution in [2.45, 2.75) is 38.8 Å². The Labute approximate surface area is 188 Å². The minimum atomic E-state index is -0.158. The number of hydrogen-bond acceptors (Lipinski definition) is 4. The molecule has 2 amide bonds. The van der Waals surface area contributed by atoms with E-state index in [0.29, 0.717) is 37.8 Å². The number of hydrogen-bond donors (Lipinski definition) is 1. The Morgan fingerprint density at radius 1 is 1.03 bits per heavy atom. The standard InChI is InChI=1S/C25H29N5O2/c1-17(24(31)27-20-9-10-20)28-12-14-29(15-13-28)25(32)19-8-11-23-22(16-19)26-18(2)30(23)21-6-4-3-5-7-21/h3-8,11,16-17,20H,9-10,12-15H2,1-2H3,(H,27,31). The molecule has 3 aromatic rings. The summed E-state index contributed by atoms with van der Waals surface area (Å²) in [6, 6.07) is 16.1. The van der Waals surface area contributed by atoms with Gasteiger partial charge in [0.05, 0.1) is 17.1 Å². The van der Waals surface area contributed by atoms with Crippen LogP contribution in [0, 0.1) is 6.92 Å². The molecule has 1 aromatic heterocycles. The first-order valence-electron chi connectivity index (χ1n) is 11.4. The van der Waals surface area contributed by atoms with E-state index < -0.39 is 0 Å². The smallest absolute Gasteiger partial charge is 0.254 e. The number of aryl methyl sites for hydroxylation is 1. The van der Waals surface area contributed by atoms with Crippen LogP contribution in [0.2, 0.25) is 0 Å². The van der Waals surface area contributed by atoms with E-state index in [1.54, 1.807) is 0 Å². The molecule has 0 bridgehead atoms. The van der Waals surface area contributed by atoms with Crippen molar-refractivity contribution in [2.75, 3.05) is 26.2 Å². The molecule has 0 radical (unpaired) electrons. The fourth-order valence-corrected chi connectivity index (χ4v) is 4.45. The molecule has 1 aliphatic heterocycles. The van der Waals surface area contributed by atoms with E-state index in [4.69, 9.17) is 4.98 Å². The van der Waals surface area contributed by atoms with Crippen molar-refractivity contribution in [1.29, 1.82) is 0 Å². The number of rotatable bonds is 5. The van der Waals surface area contributed by atoms with Crippen LogP contribution in [0.1, 0.15) is 35.9 Å². The minimum absolute atomic E-state index is 0.0218. The van der Waals surface area contributed by atoms with Gasteiger partial charge in [0.15, 0.2) is 0 Å². The van der Waals surface area contributed by atoms with Gasteiger partial charge in [-0.3, -0.25) is 19.1 Å². The summed E-state index contributed by atoms with van der Waals surface area (Å²) in [7, 11) is 0. The number of amides is 2. The molecular weight excluding hydrogens is 402 g/mol. The van der Waals surface area contributed by atoms with Gasteiger partial charge in [0, 0.05) is 43.5 Å². The lowest BCUT2D eigenvalue weighted by Crippen LogP contribution is -2.55. The van der Waals surface area contributed by atoms with Crippen LogP contribution >= 0.6 is 0 Å². The second kappa shape index (κ2) is 8.39. The zero-order valence-electron chi connectivity index (χ0n) is 18.6. The highest BCUT2D eigenvalue weighted by Crippen LogP contribution is 2.23. The summed E-state index contributed by atoms with van der Waals surface area (Å²) >= 11 is 0. The molecule has 1 N–H and O–H groups in total. The molecule has 1 atom stereocenters. The van der Waals surface area contributed by atoms with Crippen LogP contribution in [0.3, 0.4) is 0 Å². The predicted molar refractivity (Wildman–Crippen MR) is 124 cm³/mol. The van der Waals surface area contributed by atoms with Gasteiger partial charge in [-0.15, -0.1) is 0 Å². The van der Waals surface area contributed by atoms with Crippen LogP contribution in [-0.2, 0) is 4.79 Å². The van der Waals surface area contributed by atoms with Crippen molar-refractivity contribution in [2.24, 2.45) is 0 Å². The van der Waals surface area contributed by atoms with Crippen molar-refractivity contribution in [3.05, 3.63) is 59.9 Å². The first-order valence-corrected chi connectivity index (χ1v) is 11.4. The molecule has 32 heavy (non-hydrogen) atoms. The van der Waals surface area contributed by atoms with Crippen LogP contribution < -0.4 is 5.32 Å². The number of piperazine rings is 1. The molecule has 166 valence electrons. The molecule has 0 spiro atoms. The number of nitrogens with one attached hydrogen (secondary N) is 1. The molecule has 1 aliphatic carbocycles. The molecule has 2 heterocycles. The largest absolute Gasteiger partial charge is 0.352 e. The summed E-state index contributed by atoms with van der Waals surface area (Å²) in [4.78, 5) is 34.2. The fourth-order valence-electron chi connectivity index (χ4n) is 4.45. The average Bonchev–Trinajstić information content (AvgIpc) is 3.57. The van der Waals surface area contributed by atoms with Gasteiger partial charge in [-0.25, -0.2) is 4.98 Å². The van der Waals surface area contributed by atoms with E-state index in [2.05, 4.69) is 26.9 Å². The molecule has 7 nitrogen and oxygen atoms in total. The Hall–Kier alpha value is -3.19. The molecule has 2 aliphatic rings. The van der Waals surface area contributed by atoms with Crippen molar-refractivity contribution in [1.82, 2.24) is 24.7 Å². The van der Waals surface area contributed by atoms with Gasteiger partial charge in [-0.1, -0.05) is 18.2 Å². The van der Waals surface area contributed by atoms with Gasteiger partial charge >= 0.3 is 0 Å². The Morgan fingerprint density at radius 3 is 2.44 bits per heavy atom. The van der Waals surface area contributed by atoms with Gasteiger partial charge in [0.1, 0.15) is 5.82 Å². The van der Waals surface area contributed by atoms with Gasteiger partial charge in [-0.2, -0.15) is 0 Å². The quantitative estimate of drug-likeness (QED) is 0.674. The summed E-state index contributed by atoms with van der Waals surface area (Å²) in [5.41, 5.74) is 3.53. The summed E-state index contributed by atoms with van der Waals surface area (Å²) in [6.07, 6.45) is 2.18. The number of benzene rings is 2. The summed E-state index contributed by atoms with van der Waals surface area (Å²) in [5.74, 6) is 1.01. The first kappa shape index (κ1) is 20.7. The van der Waals surface area contributed by atoms with E-state index in [0.717, 1.165) is 35.4 Å². The number of aromatic nitrogens is 2. The molecule has 2 fully saturated rings. The molecular formula is C25H29N5O2. The third-order valence-corrected chi connectivity index (χ3v) is 6.54. The van der Waals surface area contributed by atoms with Gasteiger partial charge in [0.2, 0.25) is 5.91 Å². The maximum absolute atomic E-state index is 13.2. The number of carbonyl (C=O) groups is 2. The van der Waals surface area contributed by atoms with Crippen LogP contribution in [0.25, 0.3) is 16.7 Å². The number of fused-ring (bicyclic) bond motifs is 1. The first-order chi connectivity index (χ1) is 15.5. The maximum Gasteiger partial charge on any atom is 0.254 e. The summed E-state index contributed by atoms with van der Waals surface area (Å²) < 4.78 is 2.11. The second-order valence-corrected chi connectivity index (χ2v) is 8.82. The predicted octanol–water partition coefficient (Wildman–Crippen LogP) is 2.76. The van der Waals surface area contributed by atoms with Crippen molar-refractivity contribution < 1.29 is 9.59 Å². The normalized spacial score (nSPS) is 18.0. The summed E-state index contributed by atoms with van der Waals surface area (Å²) in [6.45, 7) is 6.58. The van der Waals surface area contributed by atoms with Crippen LogP contribution in [0.4, 0.5) is 0 Å². The van der Waals surface area contributed by atoms with E-state index in [9.17, 15) is 9.59 Å². The van der Waals surface area contributed by atoms with Crippen molar-refractivity contribution >= 4 is 22.8 Å². The molecule has 5 rings (SSSR count). The highest BCUT2D eigenvalue weighted by atomic mass is 16.2. The van der Waals surface area contributed by atoms with Crippen molar-refractivity contribution in [3.63, 3.8) is 0 Å². The maximum atomic E-state index is 13.2. The molecule has 2 aromatic carbocycles. The highest BCUT2D eigenvalue weighted by molar-refractivity contribution is 5.97. The molecule has 1 saturated heterocycles. The lowest BCUT2D eigenvalue weighted by Gasteiger charge is -2.37. The van der Waals surface area contributed by atoms with Gasteiger partial charge in [0.25, 0.3) is 5.91 Å². The number of imidazole rings is 1. The Bertz CT molecular complexity index is 1140. The number of para-hydroxylation sites is 1. The van der Waals surface area contributed by atoms with E-state index in [1.807, 2.05) is 55.1 Å². The zero-order chi connectivity index (χ0) is 22.2. The SMILES string of the molecule is Cc1nc2cc(C(=O)N3CCN(C(C)C(=O)NC4CC4)CC3)ccc2n1-c1ccccc1. The summed E-state index contributed by atoms with van der Waals surface area (Å²) in [5, 5.41) is 3.08. The van der Waals surface area contributed by atoms with E-state index in [-0.39, 0.29) is 17.9 Å². The Balaban J connectivity index is 1.28. The zero-order valence-corrected chi connectivity index (χ0v) is 18.6. The lowest BCUT2D eigenvalue weighted by atomic mass is 10.1. The molecule has 1 saturated carbocycles. The van der Waals surface area contributed by atoms with Gasteiger partial charge in [-0.05, 0) is 57.0 Å².